The smallest absolute Gasteiger partial charge is 0.324 e. The van der Waals surface area contributed by atoms with Crippen LogP contribution in [-0.2, 0) is 0 Å². The van der Waals surface area contributed by atoms with E-state index >= 15 is 0 Å². The van der Waals surface area contributed by atoms with Gasteiger partial charge >= 0.3 is 6.03 Å². The van der Waals surface area contributed by atoms with E-state index in [4.69, 9.17) is 5.84 Å². The number of rotatable bonds is 0. The number of carbonyl (C=O) groups is 1. The summed E-state index contributed by atoms with van der Waals surface area (Å²) in [6.45, 7) is 6.14. The summed E-state index contributed by atoms with van der Waals surface area (Å²) in [4.78, 5) is 13.0. The Morgan fingerprint density at radius 1 is 1.38 bits per heavy atom. The zero-order valence-electron chi connectivity index (χ0n) is 8.47. The number of hydrazine groups is 1. The molecule has 0 bridgehead atoms. The fraction of sp³-hybridized carbons (Fsp3) is 0.889. The summed E-state index contributed by atoms with van der Waals surface area (Å²) in [5, 5.41) is 0. The average molecular weight is 185 g/mol. The second-order valence-corrected chi connectivity index (χ2v) is 4.45. The van der Waals surface area contributed by atoms with Crippen LogP contribution in [0.15, 0.2) is 0 Å². The molecule has 4 nitrogen and oxygen atoms in total. The van der Waals surface area contributed by atoms with Crippen LogP contribution >= 0.6 is 0 Å². The number of carbonyl (C=O) groups excluding carboxylic acids is 1. The molecule has 1 saturated heterocycles. The number of hydrogen-bond donors (Lipinski definition) is 2. The fourth-order valence-electron chi connectivity index (χ4n) is 1.72. The van der Waals surface area contributed by atoms with Crippen LogP contribution in [0.1, 0.15) is 33.1 Å². The minimum atomic E-state index is -0.155. The summed E-state index contributed by atoms with van der Waals surface area (Å²) < 4.78 is 0. The summed E-state index contributed by atoms with van der Waals surface area (Å²) in [6.07, 6.45) is 3.31. The zero-order chi connectivity index (χ0) is 9.90. The van der Waals surface area contributed by atoms with E-state index in [-0.39, 0.29) is 6.03 Å². The lowest BCUT2D eigenvalue weighted by Crippen LogP contribution is -2.43. The van der Waals surface area contributed by atoms with Gasteiger partial charge in [-0.2, -0.15) is 0 Å². The van der Waals surface area contributed by atoms with Crippen molar-refractivity contribution in [2.75, 3.05) is 13.1 Å². The van der Waals surface area contributed by atoms with Gasteiger partial charge in [0.15, 0.2) is 0 Å². The Bertz CT molecular complexity index is 191. The van der Waals surface area contributed by atoms with Crippen LogP contribution in [0.3, 0.4) is 0 Å². The zero-order valence-corrected chi connectivity index (χ0v) is 8.47. The van der Waals surface area contributed by atoms with Gasteiger partial charge in [0, 0.05) is 13.1 Å². The molecule has 0 aromatic carbocycles. The predicted octanol–water partition coefficient (Wildman–Crippen LogP) is 1.08. The maximum Gasteiger partial charge on any atom is 0.331 e. The third-order valence-electron chi connectivity index (χ3n) is 2.75. The van der Waals surface area contributed by atoms with Crippen molar-refractivity contribution < 1.29 is 4.79 Å². The monoisotopic (exact) mass is 185 g/mol. The molecule has 2 amide bonds. The molecule has 13 heavy (non-hydrogen) atoms. The van der Waals surface area contributed by atoms with Gasteiger partial charge in [0.2, 0.25) is 0 Å². The highest BCUT2D eigenvalue weighted by Crippen LogP contribution is 2.29. The first-order valence-corrected chi connectivity index (χ1v) is 4.81. The maximum atomic E-state index is 11.2. The molecule has 1 aliphatic rings. The highest BCUT2D eigenvalue weighted by atomic mass is 16.2. The van der Waals surface area contributed by atoms with Crippen molar-refractivity contribution in [3.8, 4) is 0 Å². The van der Waals surface area contributed by atoms with Crippen molar-refractivity contribution in [3.63, 3.8) is 0 Å². The second kappa shape index (κ2) is 3.96. The highest BCUT2D eigenvalue weighted by Gasteiger charge is 2.24. The van der Waals surface area contributed by atoms with Crippen molar-refractivity contribution in [1.82, 2.24) is 10.3 Å². The van der Waals surface area contributed by atoms with Crippen LogP contribution in [0.4, 0.5) is 4.79 Å². The van der Waals surface area contributed by atoms with Gasteiger partial charge in [-0.1, -0.05) is 13.8 Å². The normalized spacial score (nSPS) is 22.2. The molecule has 1 fully saturated rings. The molecular weight excluding hydrogens is 166 g/mol. The van der Waals surface area contributed by atoms with E-state index in [0.717, 1.165) is 25.9 Å². The molecule has 0 aromatic heterocycles. The first kappa shape index (κ1) is 10.3. The van der Waals surface area contributed by atoms with E-state index in [0.29, 0.717) is 5.41 Å². The predicted molar refractivity (Wildman–Crippen MR) is 51.9 cm³/mol. The van der Waals surface area contributed by atoms with E-state index in [1.54, 1.807) is 4.90 Å². The number of amides is 2. The van der Waals surface area contributed by atoms with Gasteiger partial charge < -0.3 is 4.90 Å². The van der Waals surface area contributed by atoms with E-state index in [1.165, 1.54) is 6.42 Å². The van der Waals surface area contributed by atoms with Gasteiger partial charge in [0.05, 0.1) is 0 Å². The molecule has 1 heterocycles. The van der Waals surface area contributed by atoms with Gasteiger partial charge in [-0.25, -0.2) is 10.6 Å². The average Bonchev–Trinajstić information content (AvgIpc) is 2.25. The van der Waals surface area contributed by atoms with Gasteiger partial charge in [-0.3, -0.25) is 5.43 Å². The lowest BCUT2D eigenvalue weighted by molar-refractivity contribution is 0.197. The molecule has 0 aliphatic carbocycles. The van der Waals surface area contributed by atoms with Crippen LogP contribution in [-0.4, -0.2) is 24.0 Å². The molecule has 0 unspecified atom stereocenters. The maximum absolute atomic E-state index is 11.2. The molecule has 76 valence electrons. The van der Waals surface area contributed by atoms with Crippen LogP contribution in [0.25, 0.3) is 0 Å². The topological polar surface area (TPSA) is 58.4 Å². The molecule has 3 N–H and O–H groups in total. The van der Waals surface area contributed by atoms with Gasteiger partial charge in [0.1, 0.15) is 0 Å². The SMILES string of the molecule is CC1(C)CCCN(C(=O)NN)CC1. The standard InChI is InChI=1S/C9H19N3O/c1-9(2)4-3-6-12(7-5-9)8(13)11-10/h3-7,10H2,1-2H3,(H,11,13). The number of urea groups is 1. The third-order valence-corrected chi connectivity index (χ3v) is 2.75. The minimum absolute atomic E-state index is 0.155. The summed E-state index contributed by atoms with van der Waals surface area (Å²) in [6, 6.07) is -0.155. The molecule has 0 aromatic rings. The van der Waals surface area contributed by atoms with Crippen molar-refractivity contribution in [2.24, 2.45) is 11.3 Å². The molecule has 0 saturated carbocycles. The number of hydrogen-bond acceptors (Lipinski definition) is 2. The Balaban J connectivity index is 2.49. The van der Waals surface area contributed by atoms with E-state index in [9.17, 15) is 4.79 Å². The number of nitrogens with zero attached hydrogens (tertiary/aromatic N) is 1. The lowest BCUT2D eigenvalue weighted by Gasteiger charge is -2.22. The summed E-state index contributed by atoms with van der Waals surface area (Å²) >= 11 is 0. The largest absolute Gasteiger partial charge is 0.331 e. The fourth-order valence-corrected chi connectivity index (χ4v) is 1.72. The van der Waals surface area contributed by atoms with Crippen LogP contribution in [0, 0.1) is 5.41 Å². The van der Waals surface area contributed by atoms with Gasteiger partial charge in [-0.15, -0.1) is 0 Å². The van der Waals surface area contributed by atoms with E-state index in [1.807, 2.05) is 0 Å². The van der Waals surface area contributed by atoms with Crippen LogP contribution in [0.2, 0.25) is 0 Å². The summed E-state index contributed by atoms with van der Waals surface area (Å²) in [5.41, 5.74) is 2.54. The summed E-state index contributed by atoms with van der Waals surface area (Å²) in [7, 11) is 0. The third kappa shape index (κ3) is 2.88. The molecule has 0 atom stereocenters. The molecule has 4 heteroatoms. The van der Waals surface area contributed by atoms with E-state index in [2.05, 4.69) is 19.3 Å². The molecule has 1 rings (SSSR count). The van der Waals surface area contributed by atoms with Crippen LogP contribution < -0.4 is 11.3 Å². The Morgan fingerprint density at radius 2 is 2.08 bits per heavy atom. The van der Waals surface area contributed by atoms with Gasteiger partial charge in [-0.05, 0) is 24.7 Å². The summed E-state index contributed by atoms with van der Waals surface area (Å²) in [5.74, 6) is 5.08. The van der Waals surface area contributed by atoms with Crippen molar-refractivity contribution in [2.45, 2.75) is 33.1 Å². The van der Waals surface area contributed by atoms with Crippen molar-refractivity contribution in [1.29, 1.82) is 0 Å². The second-order valence-electron chi connectivity index (χ2n) is 4.45. The molecule has 0 spiro atoms. The Kier molecular flexibility index (Phi) is 3.14. The first-order valence-electron chi connectivity index (χ1n) is 4.81. The van der Waals surface area contributed by atoms with Crippen molar-refractivity contribution >= 4 is 6.03 Å². The highest BCUT2D eigenvalue weighted by molar-refractivity contribution is 5.73. The Morgan fingerprint density at radius 3 is 2.69 bits per heavy atom. The van der Waals surface area contributed by atoms with Gasteiger partial charge in [0.25, 0.3) is 0 Å². The van der Waals surface area contributed by atoms with E-state index < -0.39 is 0 Å². The minimum Gasteiger partial charge on any atom is -0.324 e. The lowest BCUT2D eigenvalue weighted by atomic mass is 9.85. The quantitative estimate of drug-likeness (QED) is 0.337. The molecule has 1 aliphatic heterocycles. The number of nitrogens with one attached hydrogen (secondary N) is 1. The van der Waals surface area contributed by atoms with Crippen LogP contribution in [0.5, 0.6) is 0 Å². The number of nitrogens with two attached hydrogens (primary N) is 1. The molecule has 0 radical (unpaired) electrons. The number of likely N-dealkylation sites (tertiary alicyclic amines) is 1. The molecular formula is C9H19N3O. The van der Waals surface area contributed by atoms with Crippen molar-refractivity contribution in [3.05, 3.63) is 0 Å². The first-order chi connectivity index (χ1) is 6.05. The Hall–Kier alpha value is -0.770. The Labute approximate surface area is 79.4 Å².